The van der Waals surface area contributed by atoms with Crippen molar-refractivity contribution in [2.24, 2.45) is 0 Å². The van der Waals surface area contributed by atoms with Gasteiger partial charge in [-0.2, -0.15) is 0 Å². The fourth-order valence-corrected chi connectivity index (χ4v) is 1.50. The van der Waals surface area contributed by atoms with E-state index in [0.29, 0.717) is 26.0 Å². The third-order valence-electron chi connectivity index (χ3n) is 2.89. The zero-order chi connectivity index (χ0) is 12.2. The maximum absolute atomic E-state index is 11.5. The van der Waals surface area contributed by atoms with Crippen LogP contribution in [0.4, 0.5) is 0 Å². The minimum Gasteiger partial charge on any atom is -0.464 e. The van der Waals surface area contributed by atoms with Gasteiger partial charge in [0.2, 0.25) is 0 Å². The van der Waals surface area contributed by atoms with Gasteiger partial charge in [-0.25, -0.2) is 0 Å². The molecular weight excluding hydrogens is 210 g/mol. The summed E-state index contributed by atoms with van der Waals surface area (Å²) in [6.45, 7) is 4.69. The van der Waals surface area contributed by atoms with E-state index >= 15 is 0 Å². The van der Waals surface area contributed by atoms with Gasteiger partial charge in [0.05, 0.1) is 18.3 Å². The van der Waals surface area contributed by atoms with E-state index < -0.39 is 6.10 Å². The summed E-state index contributed by atoms with van der Waals surface area (Å²) in [5.74, 6) is -0.288. The van der Waals surface area contributed by atoms with Crippen LogP contribution in [0.1, 0.15) is 26.7 Å². The van der Waals surface area contributed by atoms with E-state index in [0.717, 1.165) is 0 Å². The number of carbonyl (C=O) groups excluding carboxylic acids is 1. The van der Waals surface area contributed by atoms with Gasteiger partial charge in [-0.15, -0.1) is 0 Å². The highest BCUT2D eigenvalue weighted by Crippen LogP contribution is 2.13. The van der Waals surface area contributed by atoms with Gasteiger partial charge in [0.15, 0.2) is 0 Å². The van der Waals surface area contributed by atoms with Crippen LogP contribution in [0, 0.1) is 0 Å². The van der Waals surface area contributed by atoms with Gasteiger partial charge >= 0.3 is 5.97 Å². The van der Waals surface area contributed by atoms with Gasteiger partial charge < -0.3 is 19.9 Å². The number of carbonyl (C=O) groups is 1. The molecule has 0 saturated carbocycles. The number of nitrogens with one attached hydrogen (secondary N) is 1. The zero-order valence-corrected chi connectivity index (χ0v) is 10.2. The topological polar surface area (TPSA) is 67.8 Å². The highest BCUT2D eigenvalue weighted by atomic mass is 16.5. The van der Waals surface area contributed by atoms with Crippen LogP contribution in [0.15, 0.2) is 0 Å². The Morgan fingerprint density at radius 1 is 1.56 bits per heavy atom. The number of hydrogen-bond donors (Lipinski definition) is 2. The molecule has 1 aliphatic heterocycles. The first-order valence-electron chi connectivity index (χ1n) is 5.58. The Balaban J connectivity index is 2.20. The quantitative estimate of drug-likeness (QED) is 0.655. The lowest BCUT2D eigenvalue weighted by Crippen LogP contribution is -2.34. The Bertz CT molecular complexity index is 242. The predicted molar refractivity (Wildman–Crippen MR) is 59.1 cm³/mol. The van der Waals surface area contributed by atoms with Gasteiger partial charge in [0, 0.05) is 26.5 Å². The molecule has 1 heterocycles. The maximum Gasteiger partial charge on any atom is 0.323 e. The number of β-amino-alcohol motifs (C(OH)–C–C–N with tert-alkyl or cyclic N) is 1. The first-order chi connectivity index (χ1) is 7.44. The molecule has 16 heavy (non-hydrogen) atoms. The van der Waals surface area contributed by atoms with Crippen LogP contribution >= 0.6 is 0 Å². The molecule has 0 unspecified atom stereocenters. The van der Waals surface area contributed by atoms with E-state index in [1.165, 1.54) is 0 Å². The van der Waals surface area contributed by atoms with Crippen LogP contribution in [-0.4, -0.2) is 49.1 Å². The third kappa shape index (κ3) is 4.08. The molecule has 1 saturated heterocycles. The molecule has 0 aromatic heterocycles. The van der Waals surface area contributed by atoms with Gasteiger partial charge in [0.25, 0.3) is 0 Å². The monoisotopic (exact) mass is 231 g/mol. The first kappa shape index (κ1) is 13.4. The average Bonchev–Trinajstić information content (AvgIpc) is 2.64. The van der Waals surface area contributed by atoms with E-state index in [-0.39, 0.29) is 17.6 Å². The molecular formula is C11H21NO4. The molecule has 5 heteroatoms. The number of methoxy groups -OCH3 is 1. The van der Waals surface area contributed by atoms with Crippen LogP contribution < -0.4 is 5.32 Å². The van der Waals surface area contributed by atoms with E-state index in [2.05, 4.69) is 5.32 Å². The summed E-state index contributed by atoms with van der Waals surface area (Å²) in [7, 11) is 1.64. The van der Waals surface area contributed by atoms with Gasteiger partial charge in [0.1, 0.15) is 6.04 Å². The molecule has 0 aromatic rings. The lowest BCUT2D eigenvalue weighted by molar-refractivity contribution is -0.147. The Morgan fingerprint density at radius 3 is 2.75 bits per heavy atom. The van der Waals surface area contributed by atoms with Crippen molar-refractivity contribution in [3.63, 3.8) is 0 Å². The summed E-state index contributed by atoms with van der Waals surface area (Å²) in [6, 6.07) is -0.361. The number of hydrogen-bond acceptors (Lipinski definition) is 5. The molecule has 1 aliphatic rings. The van der Waals surface area contributed by atoms with Crippen LogP contribution in [0.2, 0.25) is 0 Å². The normalized spacial score (nSPS) is 25.8. The van der Waals surface area contributed by atoms with Crippen molar-refractivity contribution < 1.29 is 19.4 Å². The molecule has 0 spiro atoms. The smallest absolute Gasteiger partial charge is 0.323 e. The van der Waals surface area contributed by atoms with Crippen LogP contribution in [-0.2, 0) is 14.3 Å². The Morgan fingerprint density at radius 2 is 2.25 bits per heavy atom. The minimum absolute atomic E-state index is 0.275. The summed E-state index contributed by atoms with van der Waals surface area (Å²) < 4.78 is 10.3. The molecule has 2 atom stereocenters. The Labute approximate surface area is 96.1 Å². The van der Waals surface area contributed by atoms with Gasteiger partial charge in [-0.1, -0.05) is 0 Å². The zero-order valence-electron chi connectivity index (χ0n) is 10.2. The molecule has 0 aromatic carbocycles. The lowest BCUT2D eigenvalue weighted by Gasteiger charge is -2.22. The first-order valence-corrected chi connectivity index (χ1v) is 5.58. The SMILES string of the molecule is COC(C)(C)CCOC(=O)[C@@H]1C[C@H](O)CN1. The van der Waals surface area contributed by atoms with E-state index in [4.69, 9.17) is 9.47 Å². The van der Waals surface area contributed by atoms with Crippen molar-refractivity contribution in [1.82, 2.24) is 5.32 Å². The van der Waals surface area contributed by atoms with Crippen molar-refractivity contribution in [3.05, 3.63) is 0 Å². The van der Waals surface area contributed by atoms with Crippen LogP contribution in [0.5, 0.6) is 0 Å². The number of esters is 1. The summed E-state index contributed by atoms with van der Waals surface area (Å²) in [6.07, 6.45) is 0.657. The van der Waals surface area contributed by atoms with Crippen molar-refractivity contribution in [2.75, 3.05) is 20.3 Å². The van der Waals surface area contributed by atoms with Crippen LogP contribution in [0.25, 0.3) is 0 Å². The summed E-state index contributed by atoms with van der Waals surface area (Å²) in [5.41, 5.74) is -0.275. The number of ether oxygens (including phenoxy) is 2. The molecule has 5 nitrogen and oxygen atoms in total. The molecule has 94 valence electrons. The molecule has 1 rings (SSSR count). The Hall–Kier alpha value is -0.650. The maximum atomic E-state index is 11.5. The average molecular weight is 231 g/mol. The molecule has 0 aliphatic carbocycles. The van der Waals surface area contributed by atoms with Crippen molar-refractivity contribution in [3.8, 4) is 0 Å². The molecule has 0 radical (unpaired) electrons. The highest BCUT2D eigenvalue weighted by Gasteiger charge is 2.29. The number of aliphatic hydroxyl groups is 1. The van der Waals surface area contributed by atoms with Gasteiger partial charge in [-0.3, -0.25) is 4.79 Å². The lowest BCUT2D eigenvalue weighted by atomic mass is 10.1. The van der Waals surface area contributed by atoms with Gasteiger partial charge in [-0.05, 0) is 13.8 Å². The van der Waals surface area contributed by atoms with Crippen molar-refractivity contribution >= 4 is 5.97 Å². The fourth-order valence-electron chi connectivity index (χ4n) is 1.50. The summed E-state index contributed by atoms with van der Waals surface area (Å²) in [4.78, 5) is 11.5. The number of aliphatic hydroxyl groups excluding tert-OH is 1. The second-order valence-electron chi connectivity index (χ2n) is 4.73. The van der Waals surface area contributed by atoms with E-state index in [1.807, 2.05) is 13.8 Å². The van der Waals surface area contributed by atoms with Crippen molar-refractivity contribution in [1.29, 1.82) is 0 Å². The third-order valence-corrected chi connectivity index (χ3v) is 2.89. The Kier molecular flexibility index (Phi) is 4.70. The molecule has 1 fully saturated rings. The molecule has 2 N–H and O–H groups in total. The number of rotatable bonds is 5. The van der Waals surface area contributed by atoms with Crippen LogP contribution in [0.3, 0.4) is 0 Å². The minimum atomic E-state index is -0.437. The largest absolute Gasteiger partial charge is 0.464 e. The fraction of sp³-hybridized carbons (Fsp3) is 0.909. The summed E-state index contributed by atoms with van der Waals surface area (Å²) >= 11 is 0. The molecule has 0 amide bonds. The van der Waals surface area contributed by atoms with Crippen molar-refractivity contribution in [2.45, 2.75) is 44.4 Å². The second-order valence-corrected chi connectivity index (χ2v) is 4.73. The predicted octanol–water partition coefficient (Wildman–Crippen LogP) is 0.0675. The highest BCUT2D eigenvalue weighted by molar-refractivity contribution is 5.76. The van der Waals surface area contributed by atoms with E-state index in [1.54, 1.807) is 7.11 Å². The summed E-state index contributed by atoms with van der Waals surface area (Å²) in [5, 5.41) is 12.2. The standard InChI is InChI=1S/C11H21NO4/c1-11(2,15-3)4-5-16-10(14)9-6-8(13)7-12-9/h8-9,12-13H,4-7H2,1-3H3/t8-,9-/m0/s1. The molecule has 0 bridgehead atoms. The second kappa shape index (κ2) is 5.61. The van der Waals surface area contributed by atoms with E-state index in [9.17, 15) is 9.90 Å².